The quantitative estimate of drug-likeness (QED) is 0.374. The van der Waals surface area contributed by atoms with E-state index in [0.717, 1.165) is 35.6 Å². The standard InChI is InChI=1S/C19H22O4S2/c1-3-4-5-13-23-19(20)16-7-6-8-17(14-16)24-25(21,22)18-11-9-15(2)10-12-18/h6-12,14H,3-5,13H2,1-2H3. The number of unbranched alkanes of at least 4 members (excludes halogenated alkanes) is 2. The third-order valence-corrected chi connectivity index (χ3v) is 6.89. The molecule has 0 spiro atoms. The summed E-state index contributed by atoms with van der Waals surface area (Å²) in [6.45, 7) is 4.36. The van der Waals surface area contributed by atoms with Crippen molar-refractivity contribution >= 4 is 25.6 Å². The van der Waals surface area contributed by atoms with Crippen LogP contribution in [0.5, 0.6) is 0 Å². The van der Waals surface area contributed by atoms with E-state index in [1.807, 2.05) is 6.92 Å². The van der Waals surface area contributed by atoms with Gasteiger partial charge in [0.15, 0.2) is 0 Å². The van der Waals surface area contributed by atoms with E-state index < -0.39 is 14.8 Å². The number of carbonyl (C=O) groups is 1. The molecule has 0 bridgehead atoms. The molecule has 6 heteroatoms. The zero-order valence-corrected chi connectivity index (χ0v) is 16.0. The Hall–Kier alpha value is -1.79. The smallest absolute Gasteiger partial charge is 0.338 e. The summed E-state index contributed by atoms with van der Waals surface area (Å²) in [4.78, 5) is 12.8. The first kappa shape index (κ1) is 19.5. The van der Waals surface area contributed by atoms with Crippen LogP contribution in [0.3, 0.4) is 0 Å². The highest BCUT2D eigenvalue weighted by Gasteiger charge is 2.17. The Morgan fingerprint density at radius 2 is 1.80 bits per heavy atom. The van der Waals surface area contributed by atoms with Crippen molar-refractivity contribution < 1.29 is 17.9 Å². The minimum Gasteiger partial charge on any atom is -0.462 e. The molecule has 0 fully saturated rings. The molecule has 0 heterocycles. The van der Waals surface area contributed by atoms with E-state index in [1.54, 1.807) is 48.5 Å². The number of hydrogen-bond donors (Lipinski definition) is 0. The number of ether oxygens (including phenoxy) is 1. The molecule has 0 saturated heterocycles. The van der Waals surface area contributed by atoms with Crippen molar-refractivity contribution in [3.05, 3.63) is 59.7 Å². The van der Waals surface area contributed by atoms with Crippen molar-refractivity contribution in [3.63, 3.8) is 0 Å². The van der Waals surface area contributed by atoms with E-state index in [9.17, 15) is 13.2 Å². The molecule has 0 aromatic heterocycles. The summed E-state index contributed by atoms with van der Waals surface area (Å²) >= 11 is 0. The fraction of sp³-hybridized carbons (Fsp3) is 0.316. The molecular formula is C19H22O4S2. The average Bonchev–Trinajstić information content (AvgIpc) is 2.59. The SMILES string of the molecule is CCCCCOC(=O)c1cccc(SS(=O)(=O)c2ccc(C)cc2)c1. The van der Waals surface area contributed by atoms with E-state index in [1.165, 1.54) is 0 Å². The van der Waals surface area contributed by atoms with Gasteiger partial charge in [-0.1, -0.05) is 43.5 Å². The molecular weight excluding hydrogens is 356 g/mol. The highest BCUT2D eigenvalue weighted by Crippen LogP contribution is 2.31. The van der Waals surface area contributed by atoms with Gasteiger partial charge in [0.1, 0.15) is 0 Å². The first-order chi connectivity index (χ1) is 11.9. The van der Waals surface area contributed by atoms with Crippen molar-refractivity contribution in [3.8, 4) is 0 Å². The molecule has 0 atom stereocenters. The van der Waals surface area contributed by atoms with Crippen LogP contribution in [0, 0.1) is 6.92 Å². The average molecular weight is 379 g/mol. The van der Waals surface area contributed by atoms with Gasteiger partial charge < -0.3 is 4.74 Å². The Kier molecular flexibility index (Phi) is 7.08. The second-order valence-electron chi connectivity index (χ2n) is 5.72. The number of esters is 1. The summed E-state index contributed by atoms with van der Waals surface area (Å²) in [6, 6.07) is 13.2. The fourth-order valence-electron chi connectivity index (χ4n) is 2.15. The van der Waals surface area contributed by atoms with E-state index >= 15 is 0 Å². The molecule has 0 aliphatic rings. The van der Waals surface area contributed by atoms with E-state index in [4.69, 9.17) is 4.74 Å². The van der Waals surface area contributed by atoms with Gasteiger partial charge in [0, 0.05) is 15.7 Å². The van der Waals surface area contributed by atoms with Gasteiger partial charge in [-0.05, 0) is 43.7 Å². The number of aryl methyl sites for hydroxylation is 1. The minimum atomic E-state index is -3.53. The van der Waals surface area contributed by atoms with Gasteiger partial charge >= 0.3 is 5.97 Å². The minimum absolute atomic E-state index is 0.246. The van der Waals surface area contributed by atoms with Gasteiger partial charge in [-0.2, -0.15) is 0 Å². The molecule has 134 valence electrons. The highest BCUT2D eigenvalue weighted by atomic mass is 33.1. The molecule has 0 unspecified atom stereocenters. The van der Waals surface area contributed by atoms with Gasteiger partial charge in [0.2, 0.25) is 8.87 Å². The summed E-state index contributed by atoms with van der Waals surface area (Å²) < 4.78 is 30.2. The second-order valence-corrected chi connectivity index (χ2v) is 9.56. The zero-order chi connectivity index (χ0) is 18.3. The highest BCUT2D eigenvalue weighted by molar-refractivity contribution is 8.72. The third-order valence-electron chi connectivity index (χ3n) is 3.57. The van der Waals surface area contributed by atoms with Gasteiger partial charge in [-0.15, -0.1) is 0 Å². The molecule has 0 aliphatic carbocycles. The Bertz CT molecular complexity index is 812. The predicted molar refractivity (Wildman–Crippen MR) is 100 cm³/mol. The van der Waals surface area contributed by atoms with Crippen molar-refractivity contribution in [2.24, 2.45) is 0 Å². The number of benzene rings is 2. The number of hydrogen-bond acceptors (Lipinski definition) is 5. The van der Waals surface area contributed by atoms with Crippen molar-refractivity contribution in [2.45, 2.75) is 42.9 Å². The van der Waals surface area contributed by atoms with E-state index in [2.05, 4.69) is 6.92 Å². The van der Waals surface area contributed by atoms with Gasteiger partial charge in [0.25, 0.3) is 0 Å². The summed E-state index contributed by atoms with van der Waals surface area (Å²) in [5, 5.41) is 0. The molecule has 2 rings (SSSR count). The summed E-state index contributed by atoms with van der Waals surface area (Å²) in [7, 11) is -2.80. The van der Waals surface area contributed by atoms with Crippen LogP contribution in [-0.4, -0.2) is 21.0 Å². The zero-order valence-electron chi connectivity index (χ0n) is 14.4. The lowest BCUT2D eigenvalue weighted by Gasteiger charge is -2.07. The second kappa shape index (κ2) is 9.06. The van der Waals surface area contributed by atoms with Crippen molar-refractivity contribution in [1.82, 2.24) is 0 Å². The lowest BCUT2D eigenvalue weighted by Crippen LogP contribution is -2.06. The molecule has 2 aromatic carbocycles. The maximum atomic E-state index is 12.5. The van der Waals surface area contributed by atoms with Crippen LogP contribution in [0.15, 0.2) is 58.3 Å². The predicted octanol–water partition coefficient (Wildman–Crippen LogP) is 4.82. The molecule has 0 amide bonds. The van der Waals surface area contributed by atoms with Crippen molar-refractivity contribution in [1.29, 1.82) is 0 Å². The Balaban J connectivity index is 2.08. The fourth-order valence-corrected chi connectivity index (χ4v) is 4.98. The molecule has 0 aliphatic heterocycles. The number of rotatable bonds is 8. The van der Waals surface area contributed by atoms with Crippen LogP contribution in [0.2, 0.25) is 0 Å². The van der Waals surface area contributed by atoms with Crippen LogP contribution in [-0.2, 0) is 13.6 Å². The lowest BCUT2D eigenvalue weighted by molar-refractivity contribution is 0.0498. The van der Waals surface area contributed by atoms with E-state index in [-0.39, 0.29) is 4.90 Å². The third kappa shape index (κ3) is 5.90. The van der Waals surface area contributed by atoms with Gasteiger partial charge in [0.05, 0.1) is 17.1 Å². The van der Waals surface area contributed by atoms with Crippen LogP contribution in [0.1, 0.15) is 42.1 Å². The molecule has 4 nitrogen and oxygen atoms in total. The molecule has 0 saturated carbocycles. The van der Waals surface area contributed by atoms with Crippen LogP contribution < -0.4 is 0 Å². The maximum Gasteiger partial charge on any atom is 0.338 e. The normalized spacial score (nSPS) is 11.3. The topological polar surface area (TPSA) is 60.4 Å². The first-order valence-corrected chi connectivity index (χ1v) is 11.0. The monoisotopic (exact) mass is 378 g/mol. The molecule has 2 aromatic rings. The molecule has 0 radical (unpaired) electrons. The summed E-state index contributed by atoms with van der Waals surface area (Å²) in [5.41, 5.74) is 1.36. The largest absolute Gasteiger partial charge is 0.462 e. The lowest BCUT2D eigenvalue weighted by atomic mass is 10.2. The summed E-state index contributed by atoms with van der Waals surface area (Å²) in [5.74, 6) is -0.425. The molecule has 25 heavy (non-hydrogen) atoms. The van der Waals surface area contributed by atoms with E-state index in [0.29, 0.717) is 17.1 Å². The first-order valence-electron chi connectivity index (χ1n) is 8.21. The van der Waals surface area contributed by atoms with Gasteiger partial charge in [-0.25, -0.2) is 13.2 Å². The maximum absolute atomic E-state index is 12.5. The summed E-state index contributed by atoms with van der Waals surface area (Å²) in [6.07, 6.45) is 2.90. The Labute approximate surface area is 152 Å². The Morgan fingerprint density at radius 3 is 2.48 bits per heavy atom. The number of carbonyl (C=O) groups excluding carboxylic acids is 1. The van der Waals surface area contributed by atoms with Crippen molar-refractivity contribution in [2.75, 3.05) is 6.61 Å². The van der Waals surface area contributed by atoms with Crippen LogP contribution in [0.4, 0.5) is 0 Å². The van der Waals surface area contributed by atoms with Crippen LogP contribution in [0.25, 0.3) is 0 Å². The molecule has 0 N–H and O–H groups in total. The van der Waals surface area contributed by atoms with Crippen LogP contribution >= 0.6 is 10.8 Å². The van der Waals surface area contributed by atoms with Gasteiger partial charge in [-0.3, -0.25) is 0 Å². The Morgan fingerprint density at radius 1 is 1.08 bits per heavy atom.